The Morgan fingerprint density at radius 3 is 2.80 bits per heavy atom. The summed E-state index contributed by atoms with van der Waals surface area (Å²) in [5.41, 5.74) is -0.422. The molecule has 0 bridgehead atoms. The van der Waals surface area contributed by atoms with Gasteiger partial charge in [-0.05, 0) is 0 Å². The van der Waals surface area contributed by atoms with E-state index in [2.05, 4.69) is 4.42 Å². The van der Waals surface area contributed by atoms with Crippen molar-refractivity contribution in [3.8, 4) is 5.75 Å². The molecule has 0 aliphatic heterocycles. The van der Waals surface area contributed by atoms with Gasteiger partial charge in [-0.3, -0.25) is 0 Å². The lowest BCUT2D eigenvalue weighted by atomic mass is 10.3. The summed E-state index contributed by atoms with van der Waals surface area (Å²) in [6.07, 6.45) is 1.03. The Bertz CT molecular complexity index is 275. The molecule has 0 aromatic carbocycles. The fourth-order valence-corrected chi connectivity index (χ4v) is 0.546. The molecule has 54 valence electrons. The largest absolute Gasteiger partial charge is 0.507 e. The molecule has 0 radical (unpaired) electrons. The highest BCUT2D eigenvalue weighted by Gasteiger charge is 1.99. The van der Waals surface area contributed by atoms with Crippen molar-refractivity contribution in [2.24, 2.45) is 0 Å². The zero-order valence-corrected chi connectivity index (χ0v) is 5.07. The SMILES string of the molecule is O=c1cc(O)c(CO)co1. The summed E-state index contributed by atoms with van der Waals surface area (Å²) in [5.74, 6) is -0.237. The van der Waals surface area contributed by atoms with Crippen LogP contribution in [-0.4, -0.2) is 10.2 Å². The predicted octanol–water partition coefficient (Wildman–Crippen LogP) is -0.162. The molecule has 0 aliphatic rings. The van der Waals surface area contributed by atoms with Gasteiger partial charge in [0.1, 0.15) is 12.0 Å². The van der Waals surface area contributed by atoms with Crippen LogP contribution in [0.2, 0.25) is 0 Å². The molecule has 0 spiro atoms. The van der Waals surface area contributed by atoms with Crippen LogP contribution < -0.4 is 5.63 Å². The van der Waals surface area contributed by atoms with Crippen LogP contribution in [-0.2, 0) is 6.61 Å². The first-order valence-electron chi connectivity index (χ1n) is 2.65. The quantitative estimate of drug-likeness (QED) is 0.571. The molecule has 4 nitrogen and oxygen atoms in total. The van der Waals surface area contributed by atoms with Crippen molar-refractivity contribution in [3.63, 3.8) is 0 Å². The number of rotatable bonds is 1. The van der Waals surface area contributed by atoms with E-state index in [4.69, 9.17) is 10.2 Å². The van der Waals surface area contributed by atoms with Gasteiger partial charge in [-0.1, -0.05) is 0 Å². The minimum absolute atomic E-state index is 0.208. The topological polar surface area (TPSA) is 70.7 Å². The van der Waals surface area contributed by atoms with E-state index in [1.165, 1.54) is 0 Å². The zero-order chi connectivity index (χ0) is 7.56. The minimum Gasteiger partial charge on any atom is -0.507 e. The normalized spacial score (nSPS) is 9.70. The second-order valence-electron chi connectivity index (χ2n) is 1.77. The van der Waals surface area contributed by atoms with Crippen molar-refractivity contribution < 1.29 is 14.6 Å². The first-order chi connectivity index (χ1) is 4.74. The highest BCUT2D eigenvalue weighted by atomic mass is 16.4. The van der Waals surface area contributed by atoms with Gasteiger partial charge in [0, 0.05) is 0 Å². The molecule has 0 saturated heterocycles. The fourth-order valence-electron chi connectivity index (χ4n) is 0.546. The van der Waals surface area contributed by atoms with E-state index < -0.39 is 5.63 Å². The molecule has 0 amide bonds. The standard InChI is InChI=1S/C6H6O4/c7-2-4-3-10-6(9)1-5(4)8/h1,3,7-8H,2H2. The van der Waals surface area contributed by atoms with E-state index in [1.807, 2.05) is 0 Å². The average Bonchev–Trinajstić information content (AvgIpc) is 1.88. The van der Waals surface area contributed by atoms with Gasteiger partial charge in [0.15, 0.2) is 0 Å². The lowest BCUT2D eigenvalue weighted by Gasteiger charge is -1.95. The molecule has 1 aromatic heterocycles. The molecule has 0 atom stereocenters. The van der Waals surface area contributed by atoms with Crippen molar-refractivity contribution >= 4 is 0 Å². The van der Waals surface area contributed by atoms with Gasteiger partial charge in [0.2, 0.25) is 0 Å². The summed E-state index contributed by atoms with van der Waals surface area (Å²) >= 11 is 0. The minimum atomic E-state index is -0.630. The Hall–Kier alpha value is -1.29. The molecule has 1 aromatic rings. The smallest absolute Gasteiger partial charge is 0.339 e. The Labute approximate surface area is 56.4 Å². The van der Waals surface area contributed by atoms with Crippen molar-refractivity contribution in [1.29, 1.82) is 0 Å². The van der Waals surface area contributed by atoms with Crippen LogP contribution in [0.3, 0.4) is 0 Å². The first kappa shape index (κ1) is 6.82. The number of aromatic hydroxyl groups is 1. The molecule has 1 rings (SSSR count). The van der Waals surface area contributed by atoms with E-state index in [9.17, 15) is 4.79 Å². The third kappa shape index (κ3) is 1.16. The van der Waals surface area contributed by atoms with Crippen molar-refractivity contribution in [1.82, 2.24) is 0 Å². The molecule has 1 heterocycles. The summed E-state index contributed by atoms with van der Waals surface area (Å²) in [6.45, 7) is -0.338. The Morgan fingerprint density at radius 2 is 2.30 bits per heavy atom. The van der Waals surface area contributed by atoms with Gasteiger partial charge in [-0.2, -0.15) is 0 Å². The molecule has 4 heteroatoms. The number of aliphatic hydroxyl groups is 1. The van der Waals surface area contributed by atoms with Gasteiger partial charge in [0.25, 0.3) is 0 Å². The molecule has 2 N–H and O–H groups in total. The molecular formula is C6H6O4. The van der Waals surface area contributed by atoms with Crippen LogP contribution in [0.15, 0.2) is 21.5 Å². The number of hydrogen-bond acceptors (Lipinski definition) is 4. The third-order valence-corrected chi connectivity index (χ3v) is 1.07. The van der Waals surface area contributed by atoms with Gasteiger partial charge < -0.3 is 14.6 Å². The van der Waals surface area contributed by atoms with E-state index in [0.717, 1.165) is 12.3 Å². The monoisotopic (exact) mass is 142 g/mol. The van der Waals surface area contributed by atoms with Crippen LogP contribution in [0.4, 0.5) is 0 Å². The third-order valence-electron chi connectivity index (χ3n) is 1.07. The highest BCUT2D eigenvalue weighted by Crippen LogP contribution is 2.11. The van der Waals surface area contributed by atoms with Crippen molar-refractivity contribution in [2.45, 2.75) is 6.61 Å². The lowest BCUT2D eigenvalue weighted by Crippen LogP contribution is -1.96. The van der Waals surface area contributed by atoms with Gasteiger partial charge in [0.05, 0.1) is 18.2 Å². The summed E-state index contributed by atoms with van der Waals surface area (Å²) in [6, 6.07) is 0.908. The average molecular weight is 142 g/mol. The number of aliphatic hydroxyl groups excluding tert-OH is 1. The summed E-state index contributed by atoms with van der Waals surface area (Å²) in [5, 5.41) is 17.4. The maximum absolute atomic E-state index is 10.4. The van der Waals surface area contributed by atoms with Crippen LogP contribution in [0.25, 0.3) is 0 Å². The molecular weight excluding hydrogens is 136 g/mol. The van der Waals surface area contributed by atoms with Crippen molar-refractivity contribution in [3.05, 3.63) is 28.3 Å². The zero-order valence-electron chi connectivity index (χ0n) is 5.07. The molecule has 0 fully saturated rings. The van der Waals surface area contributed by atoms with E-state index in [1.54, 1.807) is 0 Å². The summed E-state index contributed by atoms with van der Waals surface area (Å²) < 4.78 is 4.35. The maximum atomic E-state index is 10.4. The van der Waals surface area contributed by atoms with Crippen molar-refractivity contribution in [2.75, 3.05) is 0 Å². The fraction of sp³-hybridized carbons (Fsp3) is 0.167. The van der Waals surface area contributed by atoms with Crippen LogP contribution in [0.5, 0.6) is 5.75 Å². The first-order valence-corrected chi connectivity index (χ1v) is 2.65. The Balaban J connectivity index is 3.19. The van der Waals surface area contributed by atoms with Crippen LogP contribution >= 0.6 is 0 Å². The van der Waals surface area contributed by atoms with Crippen LogP contribution in [0.1, 0.15) is 5.56 Å². The van der Waals surface area contributed by atoms with E-state index in [-0.39, 0.29) is 17.9 Å². The van der Waals surface area contributed by atoms with E-state index >= 15 is 0 Å². The molecule has 0 unspecified atom stereocenters. The van der Waals surface area contributed by atoms with E-state index in [0.29, 0.717) is 0 Å². The molecule has 0 aliphatic carbocycles. The van der Waals surface area contributed by atoms with Gasteiger partial charge >= 0.3 is 5.63 Å². The Morgan fingerprint density at radius 1 is 1.60 bits per heavy atom. The highest BCUT2D eigenvalue weighted by molar-refractivity contribution is 5.25. The second-order valence-corrected chi connectivity index (χ2v) is 1.77. The summed E-state index contributed by atoms with van der Waals surface area (Å²) in [4.78, 5) is 10.4. The number of hydrogen-bond donors (Lipinski definition) is 2. The van der Waals surface area contributed by atoms with Crippen LogP contribution in [0, 0.1) is 0 Å². The molecule has 10 heavy (non-hydrogen) atoms. The van der Waals surface area contributed by atoms with Gasteiger partial charge in [-0.15, -0.1) is 0 Å². The summed E-state index contributed by atoms with van der Waals surface area (Å²) in [7, 11) is 0. The maximum Gasteiger partial charge on any atom is 0.339 e. The Kier molecular flexibility index (Phi) is 1.73. The predicted molar refractivity (Wildman–Crippen MR) is 32.6 cm³/mol. The second kappa shape index (κ2) is 2.53. The molecule has 0 saturated carbocycles. The lowest BCUT2D eigenvalue weighted by molar-refractivity contribution is 0.269. The van der Waals surface area contributed by atoms with Gasteiger partial charge in [-0.25, -0.2) is 4.79 Å².